The Balaban J connectivity index is 2.03. The van der Waals surface area contributed by atoms with Gasteiger partial charge in [-0.15, -0.1) is 0 Å². The molecule has 2 aromatic heterocycles. The molecular weight excluding hydrogens is 266 g/mol. The van der Waals surface area contributed by atoms with Gasteiger partial charge in [0.1, 0.15) is 12.3 Å². The molecule has 2 aromatic rings. The zero-order valence-corrected chi connectivity index (χ0v) is 10.8. The molecule has 3 heterocycles. The van der Waals surface area contributed by atoms with Crippen molar-refractivity contribution < 1.29 is 19.7 Å². The highest BCUT2D eigenvalue weighted by molar-refractivity contribution is 5.77. The van der Waals surface area contributed by atoms with Gasteiger partial charge in [-0.05, 0) is 0 Å². The lowest BCUT2D eigenvalue weighted by atomic mass is 10.2. The van der Waals surface area contributed by atoms with Crippen molar-refractivity contribution >= 4 is 17.1 Å². The summed E-state index contributed by atoms with van der Waals surface area (Å²) in [6.45, 7) is -0.245. The third kappa shape index (κ3) is 1.96. The van der Waals surface area contributed by atoms with Crippen LogP contribution in [0.3, 0.4) is 0 Å². The zero-order chi connectivity index (χ0) is 14.3. The van der Waals surface area contributed by atoms with E-state index in [0.717, 1.165) is 0 Å². The monoisotopic (exact) mass is 281 g/mol. The first kappa shape index (κ1) is 13.0. The first-order valence-electron chi connectivity index (χ1n) is 6.12. The van der Waals surface area contributed by atoms with E-state index in [4.69, 9.17) is 20.3 Å². The number of nitrogens with zero attached hydrogens (tertiary/aromatic N) is 4. The second-order valence-electron chi connectivity index (χ2n) is 4.53. The summed E-state index contributed by atoms with van der Waals surface area (Å²) >= 11 is 0. The Bertz CT molecular complexity index is 631. The Morgan fingerprint density at radius 2 is 2.35 bits per heavy atom. The van der Waals surface area contributed by atoms with Crippen LogP contribution >= 0.6 is 0 Å². The third-order valence-electron chi connectivity index (χ3n) is 3.29. The number of anilines is 1. The second-order valence-corrected chi connectivity index (χ2v) is 4.53. The van der Waals surface area contributed by atoms with Crippen LogP contribution in [0.25, 0.3) is 11.2 Å². The summed E-state index contributed by atoms with van der Waals surface area (Å²) in [7, 11) is 1.47. The molecule has 0 bridgehead atoms. The lowest BCUT2D eigenvalue weighted by Gasteiger charge is -2.13. The van der Waals surface area contributed by atoms with Gasteiger partial charge in [-0.3, -0.25) is 4.57 Å². The molecule has 1 saturated heterocycles. The molecule has 1 aliphatic heterocycles. The van der Waals surface area contributed by atoms with Gasteiger partial charge in [0.05, 0.1) is 26.1 Å². The molecule has 0 aromatic carbocycles. The Morgan fingerprint density at radius 1 is 1.55 bits per heavy atom. The second kappa shape index (κ2) is 4.85. The van der Waals surface area contributed by atoms with Gasteiger partial charge in [-0.25, -0.2) is 4.98 Å². The Morgan fingerprint density at radius 3 is 3.00 bits per heavy atom. The summed E-state index contributed by atoms with van der Waals surface area (Å²) in [6.07, 6.45) is 0.0506. The summed E-state index contributed by atoms with van der Waals surface area (Å²) in [5.74, 6) is 0.344. The van der Waals surface area contributed by atoms with Crippen molar-refractivity contribution in [2.45, 2.75) is 24.9 Å². The van der Waals surface area contributed by atoms with Crippen LogP contribution in [0.2, 0.25) is 0 Å². The van der Waals surface area contributed by atoms with Crippen LogP contribution in [0.5, 0.6) is 5.88 Å². The van der Waals surface area contributed by atoms with Crippen molar-refractivity contribution in [3.63, 3.8) is 0 Å². The maximum absolute atomic E-state index is 9.78. The summed E-state index contributed by atoms with van der Waals surface area (Å²) in [5, 5.41) is 18.9. The molecule has 0 spiro atoms. The van der Waals surface area contributed by atoms with E-state index < -0.39 is 18.4 Å². The van der Waals surface area contributed by atoms with E-state index in [-0.39, 0.29) is 18.4 Å². The van der Waals surface area contributed by atoms with Gasteiger partial charge in [0.15, 0.2) is 11.2 Å². The van der Waals surface area contributed by atoms with E-state index >= 15 is 0 Å². The van der Waals surface area contributed by atoms with Gasteiger partial charge in [0, 0.05) is 6.42 Å². The molecule has 0 amide bonds. The first-order chi connectivity index (χ1) is 9.63. The largest absolute Gasteiger partial charge is 0.479 e. The normalized spacial score (nSPS) is 26.2. The molecule has 0 saturated carbocycles. The fourth-order valence-electron chi connectivity index (χ4n) is 2.31. The van der Waals surface area contributed by atoms with Crippen molar-refractivity contribution in [1.82, 2.24) is 19.5 Å². The average molecular weight is 281 g/mol. The topological polar surface area (TPSA) is 129 Å². The van der Waals surface area contributed by atoms with Crippen LogP contribution in [0.15, 0.2) is 6.33 Å². The Kier molecular flexibility index (Phi) is 3.16. The summed E-state index contributed by atoms with van der Waals surface area (Å²) in [6, 6.07) is 0. The minimum absolute atomic E-state index is 0.0633. The van der Waals surface area contributed by atoms with Crippen molar-refractivity contribution in [3.8, 4) is 5.88 Å². The molecule has 1 unspecified atom stereocenters. The highest BCUT2D eigenvalue weighted by Gasteiger charge is 2.35. The molecule has 1 aliphatic rings. The van der Waals surface area contributed by atoms with Gasteiger partial charge < -0.3 is 25.4 Å². The van der Waals surface area contributed by atoms with Gasteiger partial charge in [0.25, 0.3) is 0 Å². The van der Waals surface area contributed by atoms with Gasteiger partial charge in [-0.2, -0.15) is 9.97 Å². The number of hydrogen-bond acceptors (Lipinski definition) is 8. The number of aromatic nitrogens is 4. The quantitative estimate of drug-likeness (QED) is 0.657. The standard InChI is InChI=1S/C11H15N5O4/c1-19-10-8-9(14-11(12)15-10)16(4-13-8)7-2-5(18)6(3-17)20-7/h4-7,17-18H,2-3H2,1H3,(H2,12,14,15)/t5?,6-,7-/m1/s1. The van der Waals surface area contributed by atoms with Crippen molar-refractivity contribution in [1.29, 1.82) is 0 Å². The zero-order valence-electron chi connectivity index (χ0n) is 10.8. The number of ether oxygens (including phenoxy) is 2. The van der Waals surface area contributed by atoms with Crippen molar-refractivity contribution in [2.24, 2.45) is 0 Å². The number of fused-ring (bicyclic) bond motifs is 1. The van der Waals surface area contributed by atoms with Crippen LogP contribution in [-0.2, 0) is 4.74 Å². The molecule has 3 atom stereocenters. The molecule has 0 aliphatic carbocycles. The number of nitrogen functional groups attached to an aromatic ring is 1. The van der Waals surface area contributed by atoms with Gasteiger partial charge in [0.2, 0.25) is 11.8 Å². The smallest absolute Gasteiger partial charge is 0.246 e. The average Bonchev–Trinajstić information content (AvgIpc) is 3.00. The lowest BCUT2D eigenvalue weighted by Crippen LogP contribution is -2.24. The molecule has 20 heavy (non-hydrogen) atoms. The highest BCUT2D eigenvalue weighted by atomic mass is 16.5. The summed E-state index contributed by atoms with van der Waals surface area (Å²) < 4.78 is 12.3. The predicted molar refractivity (Wildman–Crippen MR) is 67.9 cm³/mol. The van der Waals surface area contributed by atoms with Crippen LogP contribution in [0.4, 0.5) is 5.95 Å². The van der Waals surface area contributed by atoms with E-state index in [1.165, 1.54) is 13.4 Å². The molecule has 3 rings (SSSR count). The molecule has 108 valence electrons. The lowest BCUT2D eigenvalue weighted by molar-refractivity contribution is -0.0432. The van der Waals surface area contributed by atoms with E-state index in [0.29, 0.717) is 17.6 Å². The molecule has 9 nitrogen and oxygen atoms in total. The first-order valence-corrected chi connectivity index (χ1v) is 6.12. The minimum Gasteiger partial charge on any atom is -0.479 e. The van der Waals surface area contributed by atoms with E-state index in [1.807, 2.05) is 0 Å². The minimum atomic E-state index is -0.733. The van der Waals surface area contributed by atoms with Gasteiger partial charge >= 0.3 is 0 Å². The Labute approximate surface area is 114 Å². The number of nitrogens with two attached hydrogens (primary N) is 1. The van der Waals surface area contributed by atoms with E-state index in [1.54, 1.807) is 4.57 Å². The number of hydrogen-bond donors (Lipinski definition) is 3. The van der Waals surface area contributed by atoms with E-state index in [2.05, 4.69) is 15.0 Å². The molecule has 4 N–H and O–H groups in total. The number of aliphatic hydroxyl groups excluding tert-OH is 2. The van der Waals surface area contributed by atoms with Crippen LogP contribution < -0.4 is 10.5 Å². The fraction of sp³-hybridized carbons (Fsp3) is 0.545. The number of imidazole rings is 1. The molecule has 9 heteroatoms. The predicted octanol–water partition coefficient (Wildman–Crippen LogP) is -0.942. The van der Waals surface area contributed by atoms with Crippen molar-refractivity contribution in [2.75, 3.05) is 19.5 Å². The van der Waals surface area contributed by atoms with E-state index in [9.17, 15) is 5.11 Å². The maximum Gasteiger partial charge on any atom is 0.246 e. The summed E-state index contributed by atoms with van der Waals surface area (Å²) in [4.78, 5) is 12.3. The van der Waals surface area contributed by atoms with Crippen molar-refractivity contribution in [3.05, 3.63) is 6.33 Å². The SMILES string of the molecule is COc1nc(N)nc2c1ncn2[C@H]1CC(O)[C@@H](CO)O1. The van der Waals surface area contributed by atoms with Crippen LogP contribution in [-0.4, -0.2) is 55.7 Å². The van der Waals surface area contributed by atoms with Crippen LogP contribution in [0.1, 0.15) is 12.6 Å². The van der Waals surface area contributed by atoms with Crippen LogP contribution in [0, 0.1) is 0 Å². The maximum atomic E-state index is 9.78. The molecule has 0 radical (unpaired) electrons. The number of aliphatic hydroxyl groups is 2. The third-order valence-corrected chi connectivity index (χ3v) is 3.29. The Hall–Kier alpha value is -1.97. The fourth-order valence-corrected chi connectivity index (χ4v) is 2.31. The number of methoxy groups -OCH3 is 1. The van der Waals surface area contributed by atoms with Gasteiger partial charge in [-0.1, -0.05) is 0 Å². The summed E-state index contributed by atoms with van der Waals surface area (Å²) in [5.41, 5.74) is 6.56. The molecule has 1 fully saturated rings. The highest BCUT2D eigenvalue weighted by Crippen LogP contribution is 2.32. The number of rotatable bonds is 3. The molecular formula is C11H15N5O4.